The number of morpholine rings is 1. The number of aliphatic hydroxyl groups excluding tert-OH is 1. The summed E-state index contributed by atoms with van der Waals surface area (Å²) in [5, 5.41) is 16.9. The number of benzene rings is 1. The molecular weight excluding hydrogens is 318 g/mol. The Morgan fingerprint density at radius 2 is 2.20 bits per heavy atom. The van der Waals surface area contributed by atoms with E-state index in [1.54, 1.807) is 11.1 Å². The highest BCUT2D eigenvalue weighted by Gasteiger charge is 2.38. The highest BCUT2D eigenvalue weighted by molar-refractivity contribution is 5.95. The Bertz CT molecular complexity index is 701. The maximum Gasteiger partial charge on any atom is 0.257 e. The molecule has 1 atom stereocenters. The first-order valence-corrected chi connectivity index (χ1v) is 8.78. The second-order valence-corrected chi connectivity index (χ2v) is 6.59. The molecule has 1 amide bonds. The van der Waals surface area contributed by atoms with Gasteiger partial charge in [0.05, 0.1) is 31.5 Å². The van der Waals surface area contributed by atoms with Crippen LogP contribution in [0, 0.1) is 0 Å². The maximum atomic E-state index is 12.9. The quantitative estimate of drug-likeness (QED) is 0.838. The lowest BCUT2D eigenvalue weighted by Gasteiger charge is -2.42. The zero-order chi connectivity index (χ0) is 17.7. The molecule has 1 aromatic carbocycles. The smallest absolute Gasteiger partial charge is 0.257 e. The molecule has 0 radical (unpaired) electrons. The molecule has 0 unspecified atom stereocenters. The van der Waals surface area contributed by atoms with Crippen LogP contribution >= 0.6 is 0 Å². The van der Waals surface area contributed by atoms with Crippen molar-refractivity contribution < 1.29 is 14.6 Å². The molecule has 1 aliphatic rings. The van der Waals surface area contributed by atoms with Gasteiger partial charge in [0.2, 0.25) is 0 Å². The zero-order valence-corrected chi connectivity index (χ0v) is 14.6. The Morgan fingerprint density at radius 1 is 1.40 bits per heavy atom. The van der Waals surface area contributed by atoms with Gasteiger partial charge in [-0.2, -0.15) is 5.10 Å². The third kappa shape index (κ3) is 3.91. The molecular formula is C19H25N3O3. The molecule has 2 heterocycles. The van der Waals surface area contributed by atoms with Crippen molar-refractivity contribution in [1.82, 2.24) is 15.1 Å². The van der Waals surface area contributed by atoms with Crippen LogP contribution in [0.5, 0.6) is 0 Å². The highest BCUT2D eigenvalue weighted by atomic mass is 16.5. The summed E-state index contributed by atoms with van der Waals surface area (Å²) in [6.07, 6.45) is 3.91. The molecule has 0 bridgehead atoms. The SMILES string of the molecule is CCCc1[nH]ncc1C(=O)N1CCO[C@@](CO)(Cc2ccccc2)C1. The molecule has 25 heavy (non-hydrogen) atoms. The second kappa shape index (κ2) is 7.80. The fourth-order valence-electron chi connectivity index (χ4n) is 3.35. The Morgan fingerprint density at radius 3 is 2.92 bits per heavy atom. The molecule has 0 aliphatic carbocycles. The third-order valence-electron chi connectivity index (χ3n) is 4.64. The van der Waals surface area contributed by atoms with Gasteiger partial charge in [0.15, 0.2) is 0 Å². The monoisotopic (exact) mass is 343 g/mol. The van der Waals surface area contributed by atoms with Gasteiger partial charge < -0.3 is 14.7 Å². The van der Waals surface area contributed by atoms with Crippen LogP contribution < -0.4 is 0 Å². The highest BCUT2D eigenvalue weighted by Crippen LogP contribution is 2.24. The van der Waals surface area contributed by atoms with Gasteiger partial charge in [-0.05, 0) is 12.0 Å². The van der Waals surface area contributed by atoms with Crippen molar-refractivity contribution in [3.63, 3.8) is 0 Å². The van der Waals surface area contributed by atoms with E-state index in [0.717, 1.165) is 24.1 Å². The van der Waals surface area contributed by atoms with E-state index in [4.69, 9.17) is 4.74 Å². The first kappa shape index (κ1) is 17.6. The molecule has 1 saturated heterocycles. The molecule has 1 aliphatic heterocycles. The average Bonchev–Trinajstić information content (AvgIpc) is 3.11. The minimum Gasteiger partial charge on any atom is -0.393 e. The number of aromatic amines is 1. The fraction of sp³-hybridized carbons (Fsp3) is 0.474. The van der Waals surface area contributed by atoms with Gasteiger partial charge >= 0.3 is 0 Å². The topological polar surface area (TPSA) is 78.5 Å². The van der Waals surface area contributed by atoms with Gasteiger partial charge in [0, 0.05) is 18.7 Å². The zero-order valence-electron chi connectivity index (χ0n) is 14.6. The van der Waals surface area contributed by atoms with Crippen LogP contribution in [0.1, 0.15) is 35.0 Å². The van der Waals surface area contributed by atoms with Crippen molar-refractivity contribution in [3.05, 3.63) is 53.3 Å². The van der Waals surface area contributed by atoms with Crippen LogP contribution in [-0.4, -0.2) is 58.0 Å². The molecule has 0 spiro atoms. The summed E-state index contributed by atoms with van der Waals surface area (Å²) in [6, 6.07) is 9.91. The van der Waals surface area contributed by atoms with E-state index in [2.05, 4.69) is 17.1 Å². The summed E-state index contributed by atoms with van der Waals surface area (Å²) in [4.78, 5) is 14.7. The molecule has 134 valence electrons. The summed E-state index contributed by atoms with van der Waals surface area (Å²) in [6.45, 7) is 3.25. The fourth-order valence-corrected chi connectivity index (χ4v) is 3.35. The Hall–Kier alpha value is -2.18. The summed E-state index contributed by atoms with van der Waals surface area (Å²) in [7, 11) is 0. The van der Waals surface area contributed by atoms with E-state index >= 15 is 0 Å². The van der Waals surface area contributed by atoms with Crippen LogP contribution in [0.4, 0.5) is 0 Å². The third-order valence-corrected chi connectivity index (χ3v) is 4.64. The number of aliphatic hydroxyl groups is 1. The van der Waals surface area contributed by atoms with E-state index in [1.165, 1.54) is 0 Å². The number of carbonyl (C=O) groups is 1. The number of ether oxygens (including phenoxy) is 1. The minimum atomic E-state index is -0.760. The largest absolute Gasteiger partial charge is 0.393 e. The summed E-state index contributed by atoms with van der Waals surface area (Å²) in [5.74, 6) is -0.0496. The molecule has 2 aromatic rings. The van der Waals surface area contributed by atoms with Crippen molar-refractivity contribution in [2.75, 3.05) is 26.3 Å². The van der Waals surface area contributed by atoms with Crippen LogP contribution in [0.25, 0.3) is 0 Å². The molecule has 2 N–H and O–H groups in total. The molecule has 3 rings (SSSR count). The van der Waals surface area contributed by atoms with Crippen molar-refractivity contribution >= 4 is 5.91 Å². The number of H-pyrrole nitrogens is 1. The van der Waals surface area contributed by atoms with Crippen molar-refractivity contribution in [2.24, 2.45) is 0 Å². The van der Waals surface area contributed by atoms with E-state index < -0.39 is 5.60 Å². The first-order chi connectivity index (χ1) is 12.2. The van der Waals surface area contributed by atoms with Gasteiger partial charge in [0.25, 0.3) is 5.91 Å². The number of nitrogens with one attached hydrogen (secondary N) is 1. The number of aryl methyl sites for hydroxylation is 1. The first-order valence-electron chi connectivity index (χ1n) is 8.78. The number of hydrogen-bond donors (Lipinski definition) is 2. The number of aromatic nitrogens is 2. The lowest BCUT2D eigenvalue weighted by molar-refractivity contribution is -0.123. The van der Waals surface area contributed by atoms with Crippen molar-refractivity contribution in [1.29, 1.82) is 0 Å². The molecule has 6 nitrogen and oxygen atoms in total. The van der Waals surface area contributed by atoms with Gasteiger partial charge in [-0.3, -0.25) is 9.89 Å². The lowest BCUT2D eigenvalue weighted by atomic mass is 9.93. The van der Waals surface area contributed by atoms with E-state index in [9.17, 15) is 9.90 Å². The Kier molecular flexibility index (Phi) is 5.50. The summed E-state index contributed by atoms with van der Waals surface area (Å²) < 4.78 is 5.93. The molecule has 1 fully saturated rings. The standard InChI is InChI=1S/C19H25N3O3/c1-2-6-17-16(12-20-21-17)18(24)22-9-10-25-19(13-22,14-23)11-15-7-4-3-5-8-15/h3-5,7-8,12,23H,2,6,9-11,13-14H2,1H3,(H,20,21)/t19-/m0/s1. The number of amides is 1. The van der Waals surface area contributed by atoms with E-state index in [0.29, 0.717) is 31.7 Å². The number of hydrogen-bond acceptors (Lipinski definition) is 4. The predicted molar refractivity (Wildman–Crippen MR) is 94.4 cm³/mol. The average molecular weight is 343 g/mol. The van der Waals surface area contributed by atoms with Gasteiger partial charge in [-0.1, -0.05) is 43.7 Å². The number of carbonyl (C=O) groups excluding carboxylic acids is 1. The lowest BCUT2D eigenvalue weighted by Crippen LogP contribution is -2.56. The van der Waals surface area contributed by atoms with Crippen LogP contribution in [0.15, 0.2) is 36.5 Å². The Labute approximate surface area is 147 Å². The van der Waals surface area contributed by atoms with Crippen LogP contribution in [0.3, 0.4) is 0 Å². The van der Waals surface area contributed by atoms with Crippen molar-refractivity contribution in [3.8, 4) is 0 Å². The van der Waals surface area contributed by atoms with Gasteiger partial charge in [-0.15, -0.1) is 0 Å². The van der Waals surface area contributed by atoms with Crippen LogP contribution in [0.2, 0.25) is 0 Å². The van der Waals surface area contributed by atoms with E-state index in [-0.39, 0.29) is 12.5 Å². The molecule has 1 aromatic heterocycles. The number of nitrogens with zero attached hydrogens (tertiary/aromatic N) is 2. The second-order valence-electron chi connectivity index (χ2n) is 6.59. The summed E-state index contributed by atoms with van der Waals surface area (Å²) in [5.41, 5.74) is 1.82. The van der Waals surface area contributed by atoms with E-state index in [1.807, 2.05) is 30.3 Å². The molecule has 0 saturated carbocycles. The maximum absolute atomic E-state index is 12.9. The van der Waals surface area contributed by atoms with Crippen LogP contribution in [-0.2, 0) is 17.6 Å². The Balaban J connectivity index is 1.77. The molecule has 6 heteroatoms. The summed E-state index contributed by atoms with van der Waals surface area (Å²) >= 11 is 0. The normalized spacial score (nSPS) is 20.6. The minimum absolute atomic E-state index is 0.0496. The van der Waals surface area contributed by atoms with Crippen molar-refractivity contribution in [2.45, 2.75) is 31.8 Å². The number of rotatable bonds is 6. The van der Waals surface area contributed by atoms with Gasteiger partial charge in [-0.25, -0.2) is 0 Å². The van der Waals surface area contributed by atoms with Gasteiger partial charge in [0.1, 0.15) is 5.60 Å². The predicted octanol–water partition coefficient (Wildman–Crippen LogP) is 1.81.